The molecule has 0 atom stereocenters. The molecule has 0 saturated heterocycles. The van der Waals surface area contributed by atoms with Gasteiger partial charge in [-0.25, -0.2) is 0 Å². The number of hydrogen-bond donors (Lipinski definition) is 0. The molecule has 3 nitrogen and oxygen atoms in total. The largest absolute Gasteiger partial charge is 0.261 e. The van der Waals surface area contributed by atoms with Crippen LogP contribution in [-0.2, 0) is 14.2 Å². The first-order valence-corrected chi connectivity index (χ1v) is 10.4. The zero-order chi connectivity index (χ0) is 13.6. The Morgan fingerprint density at radius 3 is 0.941 bits per heavy atom. The number of rotatable bonds is 8. The molecular formula is C12H30O3Si2. The van der Waals surface area contributed by atoms with Crippen molar-refractivity contribution in [3.8, 4) is 0 Å². The molecule has 0 N–H and O–H groups in total. The van der Waals surface area contributed by atoms with Crippen LogP contribution in [0.15, 0.2) is 0 Å². The second-order valence-electron chi connectivity index (χ2n) is 6.17. The minimum Gasteiger partial charge on any atom is -0.261 e. The normalized spacial score (nSPS) is 13.1. The molecule has 0 amide bonds. The van der Waals surface area contributed by atoms with Gasteiger partial charge in [0, 0.05) is 0 Å². The highest BCUT2D eigenvalue weighted by molar-refractivity contribution is 6.55. The predicted octanol–water partition coefficient (Wildman–Crippen LogP) is 3.95. The van der Waals surface area contributed by atoms with Gasteiger partial charge in [0.05, 0.1) is 0 Å². The first kappa shape index (κ1) is 17.3. The lowest BCUT2D eigenvalue weighted by Crippen LogP contribution is -2.30. The monoisotopic (exact) mass is 278 g/mol. The maximum atomic E-state index is 5.55. The quantitative estimate of drug-likeness (QED) is 0.382. The Balaban J connectivity index is 4.10. The van der Waals surface area contributed by atoms with Gasteiger partial charge in [0.2, 0.25) is 18.1 Å². The molecule has 17 heavy (non-hydrogen) atoms. The fraction of sp³-hybridized carbons (Fsp3) is 1.00. The summed E-state index contributed by atoms with van der Waals surface area (Å²) in [7, 11) is -2.65. The molecule has 0 aliphatic rings. The van der Waals surface area contributed by atoms with Crippen molar-refractivity contribution in [1.82, 2.24) is 0 Å². The molecule has 0 radical (unpaired) electrons. The van der Waals surface area contributed by atoms with Gasteiger partial charge in [-0.3, -0.25) is 9.15 Å². The van der Waals surface area contributed by atoms with Crippen molar-refractivity contribution in [2.75, 3.05) is 0 Å². The SMILES string of the molecule is CC(C)[SiH](OOO[SiH](C(C)C)C(C)C)C(C)C. The molecular weight excluding hydrogens is 248 g/mol. The standard InChI is InChI=1S/C12H30O3Si2/c1-9(2)16(10(3)4)14-13-15-17(11(5)6)12(7)8/h9-12,16-17H,1-8H3. The summed E-state index contributed by atoms with van der Waals surface area (Å²) in [4.78, 5) is 0. The Kier molecular flexibility index (Phi) is 8.58. The molecule has 0 unspecified atom stereocenters. The van der Waals surface area contributed by atoms with Gasteiger partial charge in [-0.1, -0.05) is 60.4 Å². The summed E-state index contributed by atoms with van der Waals surface area (Å²) in [5, 5.41) is 5.13. The lowest BCUT2D eigenvalue weighted by atomic mass is 10.5. The van der Waals surface area contributed by atoms with Gasteiger partial charge in [0.25, 0.3) is 0 Å². The van der Waals surface area contributed by atoms with Gasteiger partial charge in [-0.2, -0.15) is 0 Å². The summed E-state index contributed by atoms with van der Waals surface area (Å²) in [6.07, 6.45) is 0. The van der Waals surface area contributed by atoms with Crippen LogP contribution in [0.25, 0.3) is 0 Å². The molecule has 0 rings (SSSR count). The Morgan fingerprint density at radius 2 is 0.765 bits per heavy atom. The van der Waals surface area contributed by atoms with E-state index in [0.717, 1.165) is 0 Å². The number of hydrogen-bond acceptors (Lipinski definition) is 3. The van der Waals surface area contributed by atoms with Crippen molar-refractivity contribution in [3.63, 3.8) is 0 Å². The van der Waals surface area contributed by atoms with Crippen LogP contribution in [0.3, 0.4) is 0 Å². The molecule has 0 spiro atoms. The summed E-state index contributed by atoms with van der Waals surface area (Å²) in [5.74, 6) is 0. The van der Waals surface area contributed by atoms with Gasteiger partial charge in [0.15, 0.2) is 0 Å². The molecule has 104 valence electrons. The summed E-state index contributed by atoms with van der Waals surface area (Å²) in [6, 6.07) is 0. The van der Waals surface area contributed by atoms with Gasteiger partial charge in [0.1, 0.15) is 0 Å². The molecule has 0 aromatic carbocycles. The maximum absolute atomic E-state index is 5.55. The second kappa shape index (κ2) is 8.42. The van der Waals surface area contributed by atoms with Crippen LogP contribution in [0.1, 0.15) is 55.4 Å². The molecule has 0 fully saturated rings. The van der Waals surface area contributed by atoms with Crippen LogP contribution in [-0.4, -0.2) is 18.1 Å². The zero-order valence-corrected chi connectivity index (χ0v) is 15.0. The van der Waals surface area contributed by atoms with Crippen LogP contribution in [0, 0.1) is 0 Å². The van der Waals surface area contributed by atoms with Crippen LogP contribution in [0.2, 0.25) is 22.2 Å². The lowest BCUT2D eigenvalue weighted by Gasteiger charge is -2.25. The minimum atomic E-state index is -1.33. The average Bonchev–Trinajstić information content (AvgIpc) is 2.14. The summed E-state index contributed by atoms with van der Waals surface area (Å²) in [5.41, 5.74) is 2.27. The summed E-state index contributed by atoms with van der Waals surface area (Å²) < 4.78 is 11.1. The second-order valence-corrected chi connectivity index (χ2v) is 13.7. The third-order valence-corrected chi connectivity index (χ3v) is 8.79. The van der Waals surface area contributed by atoms with E-state index in [9.17, 15) is 0 Å². The van der Waals surface area contributed by atoms with Crippen LogP contribution in [0.4, 0.5) is 0 Å². The van der Waals surface area contributed by atoms with E-state index in [-0.39, 0.29) is 0 Å². The van der Waals surface area contributed by atoms with Crippen LogP contribution >= 0.6 is 0 Å². The molecule has 0 heterocycles. The minimum absolute atomic E-state index is 0.566. The van der Waals surface area contributed by atoms with Crippen molar-refractivity contribution >= 4 is 18.1 Å². The Labute approximate surface area is 110 Å². The Morgan fingerprint density at radius 1 is 0.529 bits per heavy atom. The highest BCUT2D eigenvalue weighted by Gasteiger charge is 2.26. The van der Waals surface area contributed by atoms with E-state index < -0.39 is 18.1 Å². The molecule has 5 heteroatoms. The van der Waals surface area contributed by atoms with E-state index in [1.807, 2.05) is 0 Å². The lowest BCUT2D eigenvalue weighted by molar-refractivity contribution is -0.425. The van der Waals surface area contributed by atoms with Gasteiger partial charge < -0.3 is 0 Å². The van der Waals surface area contributed by atoms with E-state index in [4.69, 9.17) is 14.2 Å². The van der Waals surface area contributed by atoms with E-state index in [0.29, 0.717) is 22.2 Å². The highest BCUT2D eigenvalue weighted by Crippen LogP contribution is 2.24. The van der Waals surface area contributed by atoms with Crippen LogP contribution < -0.4 is 0 Å². The van der Waals surface area contributed by atoms with Crippen molar-refractivity contribution in [2.24, 2.45) is 0 Å². The molecule has 0 aliphatic heterocycles. The fourth-order valence-corrected chi connectivity index (χ4v) is 6.43. The highest BCUT2D eigenvalue weighted by atomic mass is 28.3. The molecule has 0 bridgehead atoms. The van der Waals surface area contributed by atoms with E-state index in [1.54, 1.807) is 0 Å². The molecule has 0 aliphatic carbocycles. The smallest absolute Gasteiger partial charge is 0.233 e. The van der Waals surface area contributed by atoms with E-state index >= 15 is 0 Å². The average molecular weight is 279 g/mol. The van der Waals surface area contributed by atoms with E-state index in [2.05, 4.69) is 55.4 Å². The zero-order valence-electron chi connectivity index (χ0n) is 12.7. The maximum Gasteiger partial charge on any atom is 0.233 e. The Bertz CT molecular complexity index is 160. The first-order chi connectivity index (χ1) is 7.77. The predicted molar refractivity (Wildman–Crippen MR) is 77.9 cm³/mol. The van der Waals surface area contributed by atoms with Gasteiger partial charge >= 0.3 is 0 Å². The summed E-state index contributed by atoms with van der Waals surface area (Å²) in [6.45, 7) is 17.6. The topological polar surface area (TPSA) is 27.7 Å². The van der Waals surface area contributed by atoms with Crippen molar-refractivity contribution < 1.29 is 14.2 Å². The Hall–Kier alpha value is 0.314. The van der Waals surface area contributed by atoms with Crippen LogP contribution in [0.5, 0.6) is 0 Å². The first-order valence-electron chi connectivity index (χ1n) is 6.76. The molecule has 0 aromatic heterocycles. The van der Waals surface area contributed by atoms with Crippen molar-refractivity contribution in [1.29, 1.82) is 0 Å². The van der Waals surface area contributed by atoms with Gasteiger partial charge in [-0.05, 0) is 22.2 Å². The third kappa shape index (κ3) is 6.71. The third-order valence-electron chi connectivity index (χ3n) is 2.93. The van der Waals surface area contributed by atoms with Gasteiger partial charge in [-0.15, -0.1) is 0 Å². The molecule has 0 saturated carbocycles. The van der Waals surface area contributed by atoms with E-state index in [1.165, 1.54) is 0 Å². The van der Waals surface area contributed by atoms with Crippen molar-refractivity contribution in [3.05, 3.63) is 0 Å². The fourth-order valence-electron chi connectivity index (χ4n) is 2.10. The molecule has 0 aromatic rings. The summed E-state index contributed by atoms with van der Waals surface area (Å²) >= 11 is 0. The van der Waals surface area contributed by atoms with Crippen molar-refractivity contribution in [2.45, 2.75) is 77.6 Å².